The Bertz CT molecular complexity index is 375. The van der Waals surface area contributed by atoms with Crippen molar-refractivity contribution >= 4 is 11.6 Å². The van der Waals surface area contributed by atoms with E-state index in [2.05, 4.69) is 10.6 Å². The second-order valence-corrected chi connectivity index (χ2v) is 4.58. The van der Waals surface area contributed by atoms with Gasteiger partial charge in [0.25, 0.3) is 5.91 Å². The third kappa shape index (κ3) is 3.82. The number of carbonyl (C=O) groups is 1. The van der Waals surface area contributed by atoms with E-state index < -0.39 is 6.10 Å². The van der Waals surface area contributed by atoms with Gasteiger partial charge in [-0.1, -0.05) is 18.2 Å². The van der Waals surface area contributed by atoms with Crippen LogP contribution in [0.4, 0.5) is 5.69 Å². The highest BCUT2D eigenvalue weighted by atomic mass is 16.5. The summed E-state index contributed by atoms with van der Waals surface area (Å²) in [6.45, 7) is 3.75. The monoisotopic (exact) mass is 248 g/mol. The van der Waals surface area contributed by atoms with Gasteiger partial charge < -0.3 is 15.4 Å². The van der Waals surface area contributed by atoms with Crippen LogP contribution in [0.15, 0.2) is 30.3 Å². The molecule has 1 aromatic rings. The van der Waals surface area contributed by atoms with Gasteiger partial charge in [-0.15, -0.1) is 0 Å². The summed E-state index contributed by atoms with van der Waals surface area (Å²) in [7, 11) is 0. The zero-order valence-electron chi connectivity index (χ0n) is 10.7. The van der Waals surface area contributed by atoms with Crippen LogP contribution in [0, 0.1) is 0 Å². The number of hydrogen-bond donors (Lipinski definition) is 2. The molecule has 1 fully saturated rings. The minimum Gasteiger partial charge on any atom is -0.365 e. The number of ether oxygens (including phenoxy) is 1. The fourth-order valence-corrected chi connectivity index (χ4v) is 2.05. The molecule has 0 radical (unpaired) electrons. The van der Waals surface area contributed by atoms with Gasteiger partial charge in [0.1, 0.15) is 6.10 Å². The molecule has 2 N–H and O–H groups in total. The molecule has 1 aromatic carbocycles. The number of nitrogens with one attached hydrogen (secondary N) is 2. The van der Waals surface area contributed by atoms with Crippen molar-refractivity contribution in [2.45, 2.75) is 32.0 Å². The number of benzene rings is 1. The van der Waals surface area contributed by atoms with Gasteiger partial charge in [-0.2, -0.15) is 0 Å². The summed E-state index contributed by atoms with van der Waals surface area (Å²) in [5, 5.41) is 6.13. The molecule has 0 spiro atoms. The Kier molecular flexibility index (Phi) is 4.73. The maximum atomic E-state index is 11.9. The van der Waals surface area contributed by atoms with E-state index in [1.807, 2.05) is 30.3 Å². The third-order valence-electron chi connectivity index (χ3n) is 3.09. The van der Waals surface area contributed by atoms with Gasteiger partial charge in [0.05, 0.1) is 6.10 Å². The van der Waals surface area contributed by atoms with Crippen LogP contribution in [0.25, 0.3) is 0 Å². The zero-order valence-corrected chi connectivity index (χ0v) is 10.7. The van der Waals surface area contributed by atoms with Crippen LogP contribution in [0.1, 0.15) is 19.8 Å². The molecule has 2 rings (SSSR count). The molecule has 0 aromatic heterocycles. The number of rotatable bonds is 4. The van der Waals surface area contributed by atoms with Crippen LogP contribution >= 0.6 is 0 Å². The van der Waals surface area contributed by atoms with Crippen molar-refractivity contribution in [2.24, 2.45) is 0 Å². The van der Waals surface area contributed by atoms with E-state index in [0.717, 1.165) is 31.6 Å². The SMILES string of the molecule is CC(OC1CCNCC1)C(=O)Nc1ccccc1. The summed E-state index contributed by atoms with van der Waals surface area (Å²) in [6, 6.07) is 9.46. The summed E-state index contributed by atoms with van der Waals surface area (Å²) >= 11 is 0. The van der Waals surface area contributed by atoms with Gasteiger partial charge >= 0.3 is 0 Å². The molecule has 1 amide bonds. The maximum Gasteiger partial charge on any atom is 0.253 e. The molecule has 1 atom stereocenters. The summed E-state index contributed by atoms with van der Waals surface area (Å²) in [5.41, 5.74) is 0.809. The summed E-state index contributed by atoms with van der Waals surface area (Å²) < 4.78 is 5.77. The standard InChI is InChI=1S/C14H20N2O2/c1-11(18-13-7-9-15-10-8-13)14(17)16-12-5-3-2-4-6-12/h2-6,11,13,15H,7-10H2,1H3,(H,16,17). The van der Waals surface area contributed by atoms with Gasteiger partial charge in [-0.05, 0) is 45.0 Å². The fraction of sp³-hybridized carbons (Fsp3) is 0.500. The van der Waals surface area contributed by atoms with E-state index in [0.29, 0.717) is 0 Å². The third-order valence-corrected chi connectivity index (χ3v) is 3.09. The molecular weight excluding hydrogens is 228 g/mol. The van der Waals surface area contributed by atoms with Crippen LogP contribution in [0.3, 0.4) is 0 Å². The first-order chi connectivity index (χ1) is 8.75. The molecule has 1 aliphatic heterocycles. The summed E-state index contributed by atoms with van der Waals surface area (Å²) in [6.07, 6.45) is 1.74. The van der Waals surface area contributed by atoms with E-state index in [4.69, 9.17) is 4.74 Å². The van der Waals surface area contributed by atoms with Crippen molar-refractivity contribution in [3.63, 3.8) is 0 Å². The topological polar surface area (TPSA) is 50.4 Å². The zero-order chi connectivity index (χ0) is 12.8. The van der Waals surface area contributed by atoms with E-state index in [1.165, 1.54) is 0 Å². The van der Waals surface area contributed by atoms with Crippen LogP contribution < -0.4 is 10.6 Å². The molecule has 4 nitrogen and oxygen atoms in total. The molecule has 98 valence electrons. The minimum atomic E-state index is -0.409. The highest BCUT2D eigenvalue weighted by molar-refractivity contribution is 5.93. The van der Waals surface area contributed by atoms with Crippen molar-refractivity contribution < 1.29 is 9.53 Å². The molecule has 1 unspecified atom stereocenters. The quantitative estimate of drug-likeness (QED) is 0.854. The van der Waals surface area contributed by atoms with Crippen molar-refractivity contribution in [1.29, 1.82) is 0 Å². The molecule has 1 heterocycles. The lowest BCUT2D eigenvalue weighted by Gasteiger charge is -2.25. The van der Waals surface area contributed by atoms with Crippen molar-refractivity contribution in [3.05, 3.63) is 30.3 Å². The Hall–Kier alpha value is -1.39. The number of hydrogen-bond acceptors (Lipinski definition) is 3. The molecular formula is C14H20N2O2. The predicted octanol–water partition coefficient (Wildman–Crippen LogP) is 1.78. The Labute approximate surface area is 108 Å². The van der Waals surface area contributed by atoms with Gasteiger partial charge in [0.15, 0.2) is 0 Å². The number of anilines is 1. The molecule has 4 heteroatoms. The van der Waals surface area contributed by atoms with Crippen molar-refractivity contribution in [2.75, 3.05) is 18.4 Å². The minimum absolute atomic E-state index is 0.0836. The average molecular weight is 248 g/mol. The van der Waals surface area contributed by atoms with Gasteiger partial charge in [-0.3, -0.25) is 4.79 Å². The van der Waals surface area contributed by atoms with Crippen LogP contribution in [0.2, 0.25) is 0 Å². The number of piperidine rings is 1. The van der Waals surface area contributed by atoms with Gasteiger partial charge in [-0.25, -0.2) is 0 Å². The number of para-hydroxylation sites is 1. The fourth-order valence-electron chi connectivity index (χ4n) is 2.05. The first-order valence-corrected chi connectivity index (χ1v) is 6.48. The van der Waals surface area contributed by atoms with Crippen molar-refractivity contribution in [3.8, 4) is 0 Å². The lowest BCUT2D eigenvalue weighted by molar-refractivity contribution is -0.130. The van der Waals surface area contributed by atoms with Crippen LogP contribution in [-0.4, -0.2) is 31.2 Å². The molecule has 1 aliphatic rings. The van der Waals surface area contributed by atoms with Crippen LogP contribution in [0.5, 0.6) is 0 Å². The Balaban J connectivity index is 1.81. The molecule has 18 heavy (non-hydrogen) atoms. The lowest BCUT2D eigenvalue weighted by Crippen LogP contribution is -2.37. The van der Waals surface area contributed by atoms with E-state index in [9.17, 15) is 4.79 Å². The Morgan fingerprint density at radius 2 is 2.00 bits per heavy atom. The number of amides is 1. The first-order valence-electron chi connectivity index (χ1n) is 6.48. The van der Waals surface area contributed by atoms with E-state index in [-0.39, 0.29) is 12.0 Å². The summed E-state index contributed by atoms with van der Waals surface area (Å²) in [4.78, 5) is 11.9. The molecule has 0 aliphatic carbocycles. The Morgan fingerprint density at radius 3 is 2.67 bits per heavy atom. The van der Waals surface area contributed by atoms with Gasteiger partial charge in [0, 0.05) is 5.69 Å². The van der Waals surface area contributed by atoms with E-state index in [1.54, 1.807) is 6.92 Å². The highest BCUT2D eigenvalue weighted by Gasteiger charge is 2.20. The second-order valence-electron chi connectivity index (χ2n) is 4.58. The number of carbonyl (C=O) groups excluding carboxylic acids is 1. The summed E-state index contributed by atoms with van der Waals surface area (Å²) in [5.74, 6) is -0.0836. The normalized spacial score (nSPS) is 18.3. The molecule has 0 saturated carbocycles. The average Bonchev–Trinajstić information content (AvgIpc) is 2.41. The second kappa shape index (κ2) is 6.52. The highest BCUT2D eigenvalue weighted by Crippen LogP contribution is 2.12. The largest absolute Gasteiger partial charge is 0.365 e. The van der Waals surface area contributed by atoms with Crippen LogP contribution in [-0.2, 0) is 9.53 Å². The lowest BCUT2D eigenvalue weighted by atomic mass is 10.1. The molecule has 0 bridgehead atoms. The maximum absolute atomic E-state index is 11.9. The van der Waals surface area contributed by atoms with E-state index >= 15 is 0 Å². The smallest absolute Gasteiger partial charge is 0.253 e. The first kappa shape index (κ1) is 13.1. The predicted molar refractivity (Wildman–Crippen MR) is 71.5 cm³/mol. The molecule has 1 saturated heterocycles. The van der Waals surface area contributed by atoms with Gasteiger partial charge in [0.2, 0.25) is 0 Å². The van der Waals surface area contributed by atoms with Crippen molar-refractivity contribution in [1.82, 2.24) is 5.32 Å². The Morgan fingerprint density at radius 1 is 1.33 bits per heavy atom.